The lowest BCUT2D eigenvalue weighted by atomic mass is 10.0. The number of hydrogen-bond donors (Lipinski definition) is 2. The maximum Gasteiger partial charge on any atom is 0.208 e. The Bertz CT molecular complexity index is 1770. The van der Waals surface area contributed by atoms with Crippen molar-refractivity contribution in [3.05, 3.63) is 77.3 Å². The minimum atomic E-state index is -3.96. The van der Waals surface area contributed by atoms with Crippen LogP contribution in [0.1, 0.15) is 24.1 Å². The van der Waals surface area contributed by atoms with Crippen molar-refractivity contribution in [1.82, 2.24) is 20.2 Å². The van der Waals surface area contributed by atoms with Gasteiger partial charge in [-0.2, -0.15) is 5.10 Å². The molecule has 0 bridgehead atoms. The summed E-state index contributed by atoms with van der Waals surface area (Å²) in [5.74, 6) is 0.590. The van der Waals surface area contributed by atoms with E-state index >= 15 is 0 Å². The lowest BCUT2D eigenvalue weighted by Crippen LogP contribution is -2.25. The number of hydrogen-bond acceptors (Lipinski definition) is 6. The molecule has 0 saturated carbocycles. The molecule has 10 heteroatoms. The van der Waals surface area contributed by atoms with E-state index in [9.17, 15) is 8.42 Å². The van der Waals surface area contributed by atoms with Gasteiger partial charge in [-0.1, -0.05) is 35.4 Å². The van der Waals surface area contributed by atoms with E-state index in [0.29, 0.717) is 57.4 Å². The summed E-state index contributed by atoms with van der Waals surface area (Å²) in [5, 5.41) is 8.00. The summed E-state index contributed by atoms with van der Waals surface area (Å²) in [6, 6.07) is 12.4. The molecule has 39 heavy (non-hydrogen) atoms. The molecule has 0 spiro atoms. The molecule has 0 unspecified atom stereocenters. The zero-order chi connectivity index (χ0) is 27.1. The van der Waals surface area contributed by atoms with Crippen LogP contribution in [0.15, 0.2) is 70.8 Å². The molecule has 200 valence electrons. The highest BCUT2D eigenvalue weighted by atomic mass is 35.5. The van der Waals surface area contributed by atoms with E-state index in [1.54, 1.807) is 48.9 Å². The second kappa shape index (κ2) is 10.1. The summed E-state index contributed by atoms with van der Waals surface area (Å²) in [4.78, 5) is 8.12. The van der Waals surface area contributed by atoms with E-state index in [1.807, 2.05) is 26.0 Å². The van der Waals surface area contributed by atoms with Gasteiger partial charge in [0.15, 0.2) is 0 Å². The van der Waals surface area contributed by atoms with E-state index < -0.39 is 9.84 Å². The van der Waals surface area contributed by atoms with Crippen LogP contribution in [-0.2, 0) is 14.6 Å². The van der Waals surface area contributed by atoms with Crippen LogP contribution in [0.4, 0.5) is 0 Å². The first-order chi connectivity index (χ1) is 18.8. The van der Waals surface area contributed by atoms with Gasteiger partial charge in [-0.25, -0.2) is 13.4 Å². The average Bonchev–Trinajstić information content (AvgIpc) is 3.56. The van der Waals surface area contributed by atoms with Crippen molar-refractivity contribution in [3.8, 4) is 28.0 Å². The van der Waals surface area contributed by atoms with Gasteiger partial charge < -0.3 is 14.5 Å². The Morgan fingerprint density at radius 1 is 1.00 bits per heavy atom. The molecule has 6 rings (SSSR count). The third-order valence-electron chi connectivity index (χ3n) is 7.08. The maximum atomic E-state index is 14.3. The molecule has 8 nitrogen and oxygen atoms in total. The van der Waals surface area contributed by atoms with Gasteiger partial charge in [0, 0.05) is 53.5 Å². The SMILES string of the molecule is Cc1ccc(S(=O)(=O)c2c(-c3c[nH]nc3C)cnc3[nH]cc(-c4ccc(OC5CCOCC5)c(Cl)c4)c23)cc1. The van der Waals surface area contributed by atoms with E-state index in [0.717, 1.165) is 24.0 Å². The molecule has 1 saturated heterocycles. The highest BCUT2D eigenvalue weighted by molar-refractivity contribution is 7.92. The molecule has 2 aromatic carbocycles. The Kier molecular flexibility index (Phi) is 6.66. The Balaban J connectivity index is 1.54. The summed E-state index contributed by atoms with van der Waals surface area (Å²) in [5.41, 5.74) is 4.66. The van der Waals surface area contributed by atoms with Gasteiger partial charge in [0.25, 0.3) is 0 Å². The normalized spacial score (nSPS) is 14.6. The Morgan fingerprint density at radius 3 is 2.46 bits per heavy atom. The number of halogens is 1. The summed E-state index contributed by atoms with van der Waals surface area (Å²) in [6.07, 6.45) is 6.71. The molecule has 2 N–H and O–H groups in total. The number of fused-ring (bicyclic) bond motifs is 1. The average molecular weight is 563 g/mol. The van der Waals surface area contributed by atoms with Crippen molar-refractivity contribution in [3.63, 3.8) is 0 Å². The molecule has 0 radical (unpaired) electrons. The molecular weight excluding hydrogens is 536 g/mol. The number of nitrogens with zero attached hydrogens (tertiary/aromatic N) is 2. The van der Waals surface area contributed by atoms with Crippen molar-refractivity contribution < 1.29 is 17.9 Å². The number of aryl methyl sites for hydroxylation is 2. The van der Waals surface area contributed by atoms with Crippen LogP contribution >= 0.6 is 11.6 Å². The second-order valence-electron chi connectivity index (χ2n) is 9.70. The van der Waals surface area contributed by atoms with Gasteiger partial charge in [-0.05, 0) is 43.7 Å². The molecule has 0 amide bonds. The number of aromatic amines is 2. The topological polar surface area (TPSA) is 110 Å². The van der Waals surface area contributed by atoms with Crippen LogP contribution in [0, 0.1) is 13.8 Å². The number of pyridine rings is 1. The Labute approximate surface area is 231 Å². The van der Waals surface area contributed by atoms with Gasteiger partial charge in [0.1, 0.15) is 17.5 Å². The molecular formula is C29H27ClN4O4S. The van der Waals surface area contributed by atoms with Crippen molar-refractivity contribution in [1.29, 1.82) is 0 Å². The molecule has 1 fully saturated rings. The molecule has 1 aliphatic rings. The predicted molar refractivity (Wildman–Crippen MR) is 150 cm³/mol. The zero-order valence-electron chi connectivity index (χ0n) is 21.5. The Hall–Kier alpha value is -3.66. The van der Waals surface area contributed by atoms with Crippen LogP contribution in [0.5, 0.6) is 5.75 Å². The third-order valence-corrected chi connectivity index (χ3v) is 9.23. The van der Waals surface area contributed by atoms with Gasteiger partial charge >= 0.3 is 0 Å². The van der Waals surface area contributed by atoms with E-state index in [1.165, 1.54) is 0 Å². The van der Waals surface area contributed by atoms with E-state index in [4.69, 9.17) is 21.1 Å². The predicted octanol–water partition coefficient (Wildman–Crippen LogP) is 6.28. The summed E-state index contributed by atoms with van der Waals surface area (Å²) >= 11 is 6.68. The summed E-state index contributed by atoms with van der Waals surface area (Å²) in [6.45, 7) is 5.08. The smallest absolute Gasteiger partial charge is 0.208 e. The standard InChI is InChI=1S/C29H27ClN4O4S/c1-17-3-6-21(7-4-17)39(35,36)28-24(22-16-33-34-18(22)2)15-32-29-27(28)23(14-31-29)19-5-8-26(25(30)13-19)38-20-9-11-37-12-10-20/h3-8,13-16,20H,9-12H2,1-2H3,(H,31,32)(H,33,34). The molecule has 4 heterocycles. The fourth-order valence-corrected chi connectivity index (χ4v) is 6.85. The number of aromatic nitrogens is 4. The molecule has 0 aliphatic carbocycles. The number of H-pyrrole nitrogens is 2. The van der Waals surface area contributed by atoms with Crippen molar-refractivity contribution >= 4 is 32.5 Å². The van der Waals surface area contributed by atoms with Gasteiger partial charge in [0.05, 0.1) is 33.7 Å². The van der Waals surface area contributed by atoms with Crippen LogP contribution in [0.2, 0.25) is 5.02 Å². The largest absolute Gasteiger partial charge is 0.489 e. The van der Waals surface area contributed by atoms with Crippen molar-refractivity contribution in [2.75, 3.05) is 13.2 Å². The highest BCUT2D eigenvalue weighted by Crippen LogP contribution is 2.42. The van der Waals surface area contributed by atoms with Gasteiger partial charge in [-0.3, -0.25) is 5.10 Å². The molecule has 3 aromatic heterocycles. The lowest BCUT2D eigenvalue weighted by Gasteiger charge is -2.24. The van der Waals surface area contributed by atoms with Crippen LogP contribution < -0.4 is 4.74 Å². The zero-order valence-corrected chi connectivity index (χ0v) is 23.1. The monoisotopic (exact) mass is 562 g/mol. The van der Waals surface area contributed by atoms with Crippen molar-refractivity contribution in [2.24, 2.45) is 0 Å². The first-order valence-corrected chi connectivity index (χ1v) is 14.6. The van der Waals surface area contributed by atoms with Crippen molar-refractivity contribution in [2.45, 2.75) is 42.6 Å². The van der Waals surface area contributed by atoms with Crippen LogP contribution in [0.25, 0.3) is 33.3 Å². The lowest BCUT2D eigenvalue weighted by molar-refractivity contribution is 0.0256. The quantitative estimate of drug-likeness (QED) is 0.252. The van der Waals surface area contributed by atoms with Crippen LogP contribution in [-0.4, -0.2) is 47.9 Å². The third kappa shape index (κ3) is 4.71. The van der Waals surface area contributed by atoms with Gasteiger partial charge in [-0.15, -0.1) is 0 Å². The molecule has 1 aliphatic heterocycles. The number of benzene rings is 2. The summed E-state index contributed by atoms with van der Waals surface area (Å²) in [7, 11) is -3.96. The Morgan fingerprint density at radius 2 is 1.77 bits per heavy atom. The van der Waals surface area contributed by atoms with E-state index in [-0.39, 0.29) is 15.9 Å². The first-order valence-electron chi connectivity index (χ1n) is 12.7. The second-order valence-corrected chi connectivity index (χ2v) is 12.0. The molecule has 5 aromatic rings. The number of nitrogens with one attached hydrogen (secondary N) is 2. The first kappa shape index (κ1) is 25.6. The molecule has 0 atom stereocenters. The minimum Gasteiger partial charge on any atom is -0.489 e. The van der Waals surface area contributed by atoms with Crippen LogP contribution in [0.3, 0.4) is 0 Å². The minimum absolute atomic E-state index is 0.0476. The number of rotatable bonds is 6. The van der Waals surface area contributed by atoms with Gasteiger partial charge in [0.2, 0.25) is 9.84 Å². The summed E-state index contributed by atoms with van der Waals surface area (Å²) < 4.78 is 40.1. The number of sulfone groups is 1. The fourth-order valence-electron chi connectivity index (χ4n) is 4.97. The highest BCUT2D eigenvalue weighted by Gasteiger charge is 2.29. The fraction of sp³-hybridized carbons (Fsp3) is 0.241. The van der Waals surface area contributed by atoms with E-state index in [2.05, 4.69) is 20.2 Å². The maximum absolute atomic E-state index is 14.3. The number of ether oxygens (including phenoxy) is 2.